The Hall–Kier alpha value is -0.850. The van der Waals surface area contributed by atoms with Crippen LogP contribution in [0.2, 0.25) is 0 Å². The minimum Gasteiger partial charge on any atom is -0.302 e. The molecular formula is C12H18O. The van der Waals surface area contributed by atoms with Crippen molar-refractivity contribution in [3.63, 3.8) is 0 Å². The monoisotopic (exact) mass is 178 g/mol. The number of allylic oxidation sites excluding steroid dienone is 4. The Morgan fingerprint density at radius 1 is 1.54 bits per heavy atom. The van der Waals surface area contributed by atoms with Gasteiger partial charge in [0, 0.05) is 0 Å². The van der Waals surface area contributed by atoms with Gasteiger partial charge in [-0.25, -0.2) is 0 Å². The molecule has 0 saturated heterocycles. The summed E-state index contributed by atoms with van der Waals surface area (Å²) in [6.45, 7) is 6.22. The summed E-state index contributed by atoms with van der Waals surface area (Å²) in [6.07, 6.45) is 9.54. The molecule has 0 aliphatic heterocycles. The van der Waals surface area contributed by atoms with E-state index in [2.05, 4.69) is 39.0 Å². The number of hydrogen-bond acceptors (Lipinski definition) is 1. The van der Waals surface area contributed by atoms with E-state index in [4.69, 9.17) is 0 Å². The molecule has 1 aliphatic carbocycles. The molecule has 0 saturated carbocycles. The molecule has 0 aromatic rings. The smallest absolute Gasteiger partial charge is 0.130 e. The van der Waals surface area contributed by atoms with E-state index < -0.39 is 0 Å². The van der Waals surface area contributed by atoms with Crippen LogP contribution >= 0.6 is 0 Å². The third-order valence-electron chi connectivity index (χ3n) is 2.79. The molecule has 0 radical (unpaired) electrons. The average Bonchev–Trinajstić information content (AvgIpc) is 2.08. The van der Waals surface area contributed by atoms with Gasteiger partial charge in [-0.15, -0.1) is 0 Å². The maximum Gasteiger partial charge on any atom is 0.130 e. The van der Waals surface area contributed by atoms with Crippen molar-refractivity contribution in [2.75, 3.05) is 0 Å². The normalized spacial score (nSPS) is 32.7. The fraction of sp³-hybridized carbons (Fsp3) is 0.583. The molecule has 0 N–H and O–H groups in total. The van der Waals surface area contributed by atoms with Crippen LogP contribution < -0.4 is 0 Å². The van der Waals surface area contributed by atoms with Gasteiger partial charge in [-0.3, -0.25) is 0 Å². The zero-order valence-electron chi connectivity index (χ0n) is 8.71. The van der Waals surface area contributed by atoms with E-state index >= 15 is 0 Å². The van der Waals surface area contributed by atoms with Gasteiger partial charge >= 0.3 is 0 Å². The minimum atomic E-state index is -0.229. The quantitative estimate of drug-likeness (QED) is 0.469. The van der Waals surface area contributed by atoms with Crippen molar-refractivity contribution < 1.29 is 4.79 Å². The van der Waals surface area contributed by atoms with E-state index in [1.54, 1.807) is 0 Å². The Balaban J connectivity index is 2.98. The third-order valence-corrected chi connectivity index (χ3v) is 2.79. The molecule has 0 amide bonds. The maximum absolute atomic E-state index is 11.1. The standard InChI is InChI=1S/C12H18O/c1-10(2)8-12(9-13)7-5-4-6-11(12)3/h4,6,8-9,11H,5,7H2,1-3H3. The Bertz CT molecular complexity index is 246. The van der Waals surface area contributed by atoms with Crippen molar-refractivity contribution in [2.24, 2.45) is 11.3 Å². The van der Waals surface area contributed by atoms with Crippen molar-refractivity contribution in [1.82, 2.24) is 0 Å². The Morgan fingerprint density at radius 3 is 2.69 bits per heavy atom. The Labute approximate surface area is 80.5 Å². The lowest BCUT2D eigenvalue weighted by Gasteiger charge is -2.32. The second-order valence-corrected chi connectivity index (χ2v) is 4.21. The first-order valence-electron chi connectivity index (χ1n) is 4.90. The highest BCUT2D eigenvalue weighted by atomic mass is 16.1. The topological polar surface area (TPSA) is 17.1 Å². The summed E-state index contributed by atoms with van der Waals surface area (Å²) in [5.41, 5.74) is 1.00. The SMILES string of the molecule is CC(C)=CC1(C=O)CCC=CC1C. The van der Waals surface area contributed by atoms with Gasteiger partial charge in [-0.2, -0.15) is 0 Å². The van der Waals surface area contributed by atoms with Gasteiger partial charge in [0.1, 0.15) is 6.29 Å². The highest BCUT2D eigenvalue weighted by molar-refractivity contribution is 5.64. The van der Waals surface area contributed by atoms with E-state index in [1.165, 1.54) is 5.57 Å². The minimum absolute atomic E-state index is 0.229. The molecule has 1 nitrogen and oxygen atoms in total. The summed E-state index contributed by atoms with van der Waals surface area (Å²) in [6, 6.07) is 0. The van der Waals surface area contributed by atoms with E-state index in [0.29, 0.717) is 5.92 Å². The summed E-state index contributed by atoms with van der Waals surface area (Å²) in [7, 11) is 0. The lowest BCUT2D eigenvalue weighted by atomic mass is 9.70. The summed E-state index contributed by atoms with van der Waals surface area (Å²) < 4.78 is 0. The van der Waals surface area contributed by atoms with Crippen molar-refractivity contribution in [1.29, 1.82) is 0 Å². The molecule has 13 heavy (non-hydrogen) atoms. The van der Waals surface area contributed by atoms with Gasteiger partial charge in [0.05, 0.1) is 5.41 Å². The molecule has 1 heteroatoms. The zero-order valence-corrected chi connectivity index (χ0v) is 8.71. The van der Waals surface area contributed by atoms with Gasteiger partial charge in [-0.05, 0) is 32.6 Å². The largest absolute Gasteiger partial charge is 0.302 e. The number of aldehydes is 1. The fourth-order valence-electron chi connectivity index (χ4n) is 1.98. The van der Waals surface area contributed by atoms with E-state index in [-0.39, 0.29) is 5.41 Å². The molecule has 72 valence electrons. The Morgan fingerprint density at radius 2 is 2.23 bits per heavy atom. The van der Waals surface area contributed by atoms with E-state index in [1.807, 2.05) is 0 Å². The molecule has 2 atom stereocenters. The molecule has 2 unspecified atom stereocenters. The first-order chi connectivity index (χ1) is 6.10. The summed E-state index contributed by atoms with van der Waals surface area (Å²) in [5.74, 6) is 0.341. The van der Waals surface area contributed by atoms with Crippen molar-refractivity contribution in [2.45, 2.75) is 33.6 Å². The number of carbonyl (C=O) groups excluding carboxylic acids is 1. The summed E-state index contributed by atoms with van der Waals surface area (Å²) in [4.78, 5) is 11.1. The van der Waals surface area contributed by atoms with Gasteiger partial charge < -0.3 is 4.79 Å². The molecule has 0 bridgehead atoms. The van der Waals surface area contributed by atoms with Gasteiger partial charge in [-0.1, -0.05) is 30.7 Å². The zero-order chi connectivity index (χ0) is 9.90. The lowest BCUT2D eigenvalue weighted by molar-refractivity contribution is -0.115. The van der Waals surface area contributed by atoms with Crippen LogP contribution in [0.4, 0.5) is 0 Å². The van der Waals surface area contributed by atoms with Crippen LogP contribution in [0.15, 0.2) is 23.8 Å². The molecule has 0 heterocycles. The Kier molecular flexibility index (Phi) is 3.07. The van der Waals surface area contributed by atoms with E-state index in [0.717, 1.165) is 19.1 Å². The van der Waals surface area contributed by atoms with E-state index in [9.17, 15) is 4.79 Å². The van der Waals surface area contributed by atoms with Crippen LogP contribution in [0.1, 0.15) is 33.6 Å². The molecule has 1 aliphatic rings. The van der Waals surface area contributed by atoms with Gasteiger partial charge in [0.25, 0.3) is 0 Å². The van der Waals surface area contributed by atoms with Crippen LogP contribution in [0.25, 0.3) is 0 Å². The first-order valence-corrected chi connectivity index (χ1v) is 4.90. The molecular weight excluding hydrogens is 160 g/mol. The lowest BCUT2D eigenvalue weighted by Crippen LogP contribution is -2.29. The second-order valence-electron chi connectivity index (χ2n) is 4.21. The molecule has 0 spiro atoms. The molecule has 1 rings (SSSR count). The van der Waals surface area contributed by atoms with Crippen LogP contribution in [0.3, 0.4) is 0 Å². The first kappa shape index (κ1) is 10.2. The number of carbonyl (C=O) groups is 1. The van der Waals surface area contributed by atoms with Crippen molar-refractivity contribution >= 4 is 6.29 Å². The highest BCUT2D eigenvalue weighted by Gasteiger charge is 2.33. The van der Waals surface area contributed by atoms with Crippen LogP contribution in [-0.2, 0) is 4.79 Å². The number of hydrogen-bond donors (Lipinski definition) is 0. The predicted octanol–water partition coefficient (Wildman–Crippen LogP) is 3.12. The second kappa shape index (κ2) is 3.91. The van der Waals surface area contributed by atoms with Crippen LogP contribution in [-0.4, -0.2) is 6.29 Å². The fourth-order valence-corrected chi connectivity index (χ4v) is 1.98. The van der Waals surface area contributed by atoms with Crippen molar-refractivity contribution in [3.05, 3.63) is 23.8 Å². The van der Waals surface area contributed by atoms with Crippen molar-refractivity contribution in [3.8, 4) is 0 Å². The summed E-state index contributed by atoms with van der Waals surface area (Å²) >= 11 is 0. The van der Waals surface area contributed by atoms with Crippen LogP contribution in [0.5, 0.6) is 0 Å². The average molecular weight is 178 g/mol. The van der Waals surface area contributed by atoms with Gasteiger partial charge in [0.2, 0.25) is 0 Å². The molecule has 0 aromatic heterocycles. The number of rotatable bonds is 2. The summed E-state index contributed by atoms with van der Waals surface area (Å²) in [5, 5.41) is 0. The van der Waals surface area contributed by atoms with Crippen LogP contribution in [0, 0.1) is 11.3 Å². The van der Waals surface area contributed by atoms with Gasteiger partial charge in [0.15, 0.2) is 0 Å². The molecule has 0 aromatic carbocycles. The predicted molar refractivity (Wildman–Crippen MR) is 55.5 cm³/mol. The maximum atomic E-state index is 11.1. The third kappa shape index (κ3) is 2.09. The molecule has 0 fully saturated rings. The highest BCUT2D eigenvalue weighted by Crippen LogP contribution is 2.37.